The third kappa shape index (κ3) is 2.21. The normalized spacial score (nSPS) is 28.6. The van der Waals surface area contributed by atoms with Gasteiger partial charge in [0.1, 0.15) is 0 Å². The van der Waals surface area contributed by atoms with E-state index in [1.54, 1.807) is 0 Å². The van der Waals surface area contributed by atoms with Crippen molar-refractivity contribution >= 4 is 5.84 Å². The van der Waals surface area contributed by atoms with Gasteiger partial charge in [-0.2, -0.15) is 0 Å². The molecule has 1 atom stereocenters. The summed E-state index contributed by atoms with van der Waals surface area (Å²) in [5, 5.41) is 0. The molecule has 1 fully saturated rings. The largest absolute Gasteiger partial charge is 0.387 e. The predicted molar refractivity (Wildman–Crippen MR) is 48.7 cm³/mol. The monoisotopic (exact) mass is 154 g/mol. The summed E-state index contributed by atoms with van der Waals surface area (Å²) in [6, 6.07) is 0.508. The molecule has 0 radical (unpaired) electrons. The maximum absolute atomic E-state index is 5.70. The molecule has 2 heteroatoms. The lowest BCUT2D eigenvalue weighted by atomic mass is 10.2. The lowest BCUT2D eigenvalue weighted by Crippen LogP contribution is -2.12. The maximum Gasteiger partial charge on any atom is 0.0940 e. The van der Waals surface area contributed by atoms with Crippen molar-refractivity contribution in [1.29, 1.82) is 0 Å². The van der Waals surface area contributed by atoms with Crippen molar-refractivity contribution in [1.82, 2.24) is 0 Å². The highest BCUT2D eigenvalue weighted by Crippen LogP contribution is 2.47. The molecule has 0 heterocycles. The summed E-state index contributed by atoms with van der Waals surface area (Å²) in [6.45, 7) is 6.60. The lowest BCUT2D eigenvalue weighted by molar-refractivity contribution is 0.617. The fourth-order valence-electron chi connectivity index (χ4n) is 1.18. The number of aliphatic imine (C=N–C) groups is 1. The van der Waals surface area contributed by atoms with Crippen molar-refractivity contribution < 1.29 is 0 Å². The van der Waals surface area contributed by atoms with Crippen molar-refractivity contribution in [3.63, 3.8) is 0 Å². The molecule has 0 aliphatic heterocycles. The van der Waals surface area contributed by atoms with Gasteiger partial charge in [0.15, 0.2) is 0 Å². The summed E-state index contributed by atoms with van der Waals surface area (Å²) in [7, 11) is 0. The van der Waals surface area contributed by atoms with Gasteiger partial charge in [0.25, 0.3) is 0 Å². The average molecular weight is 154 g/mol. The van der Waals surface area contributed by atoms with Crippen molar-refractivity contribution in [3.8, 4) is 0 Å². The van der Waals surface area contributed by atoms with Gasteiger partial charge in [-0.25, -0.2) is 0 Å². The number of rotatable bonds is 3. The Kier molecular flexibility index (Phi) is 2.21. The molecule has 0 aromatic carbocycles. The van der Waals surface area contributed by atoms with Gasteiger partial charge in [0.05, 0.1) is 11.9 Å². The highest BCUT2D eigenvalue weighted by molar-refractivity contribution is 5.80. The standard InChI is InChI=1S/C9H18N2/c1-4-5-8(10)11-7-6-9(7,2)3/h7H,4-6H2,1-3H3,(H2,10,11). The summed E-state index contributed by atoms with van der Waals surface area (Å²) in [5.74, 6) is 0.836. The average Bonchev–Trinajstić information content (AvgIpc) is 2.39. The van der Waals surface area contributed by atoms with Crippen LogP contribution in [-0.2, 0) is 0 Å². The van der Waals surface area contributed by atoms with Crippen molar-refractivity contribution in [2.45, 2.75) is 46.1 Å². The molecule has 11 heavy (non-hydrogen) atoms. The molecule has 0 bridgehead atoms. The molecular weight excluding hydrogens is 136 g/mol. The second-order valence-electron chi connectivity index (χ2n) is 4.08. The first-order valence-electron chi connectivity index (χ1n) is 4.38. The SMILES string of the molecule is CCCC(N)=NC1CC1(C)C. The Hall–Kier alpha value is -0.530. The minimum atomic E-state index is 0.429. The van der Waals surface area contributed by atoms with Gasteiger partial charge in [0.2, 0.25) is 0 Å². The van der Waals surface area contributed by atoms with E-state index in [9.17, 15) is 0 Å². The van der Waals surface area contributed by atoms with Crippen LogP contribution in [0.5, 0.6) is 0 Å². The van der Waals surface area contributed by atoms with Crippen LogP contribution in [-0.4, -0.2) is 11.9 Å². The molecule has 2 nitrogen and oxygen atoms in total. The molecule has 0 aromatic rings. The fraction of sp³-hybridized carbons (Fsp3) is 0.889. The Morgan fingerprint density at radius 3 is 2.55 bits per heavy atom. The number of nitrogens with zero attached hydrogens (tertiary/aromatic N) is 1. The molecule has 64 valence electrons. The quantitative estimate of drug-likeness (QED) is 0.489. The maximum atomic E-state index is 5.70. The molecule has 1 aliphatic carbocycles. The molecule has 0 amide bonds. The highest BCUT2D eigenvalue weighted by atomic mass is 15.0. The van der Waals surface area contributed by atoms with Crippen LogP contribution in [0.2, 0.25) is 0 Å². The van der Waals surface area contributed by atoms with Crippen LogP contribution in [0, 0.1) is 5.41 Å². The van der Waals surface area contributed by atoms with E-state index in [2.05, 4.69) is 25.8 Å². The fourth-order valence-corrected chi connectivity index (χ4v) is 1.18. The van der Waals surface area contributed by atoms with Crippen LogP contribution in [0.15, 0.2) is 4.99 Å². The van der Waals surface area contributed by atoms with Gasteiger partial charge in [-0.1, -0.05) is 20.8 Å². The van der Waals surface area contributed by atoms with Gasteiger partial charge in [0, 0.05) is 6.42 Å². The van der Waals surface area contributed by atoms with Crippen LogP contribution in [0.25, 0.3) is 0 Å². The third-order valence-corrected chi connectivity index (χ3v) is 2.29. The molecule has 1 rings (SSSR count). The smallest absolute Gasteiger partial charge is 0.0940 e. The summed E-state index contributed by atoms with van der Waals surface area (Å²) in [6.07, 6.45) is 3.26. The van der Waals surface area contributed by atoms with E-state index < -0.39 is 0 Å². The number of hydrogen-bond acceptors (Lipinski definition) is 1. The second-order valence-corrected chi connectivity index (χ2v) is 4.08. The zero-order valence-electron chi connectivity index (χ0n) is 7.72. The summed E-state index contributed by atoms with van der Waals surface area (Å²) in [4.78, 5) is 4.43. The van der Waals surface area contributed by atoms with E-state index in [1.807, 2.05) is 0 Å². The van der Waals surface area contributed by atoms with Gasteiger partial charge in [-0.05, 0) is 18.3 Å². The molecule has 1 saturated carbocycles. The minimum Gasteiger partial charge on any atom is -0.387 e. The predicted octanol–water partition coefficient (Wildman–Crippen LogP) is 1.94. The first-order valence-corrected chi connectivity index (χ1v) is 4.38. The Bertz CT molecular complexity index is 170. The summed E-state index contributed by atoms with van der Waals surface area (Å²) >= 11 is 0. The van der Waals surface area contributed by atoms with E-state index >= 15 is 0 Å². The Balaban J connectivity index is 2.36. The molecule has 2 N–H and O–H groups in total. The molecule has 0 aromatic heterocycles. The van der Waals surface area contributed by atoms with Gasteiger partial charge < -0.3 is 5.73 Å². The number of hydrogen-bond donors (Lipinski definition) is 1. The zero-order chi connectivity index (χ0) is 8.48. The number of amidine groups is 1. The highest BCUT2D eigenvalue weighted by Gasteiger charge is 2.45. The number of nitrogens with two attached hydrogens (primary N) is 1. The molecule has 0 spiro atoms. The van der Waals surface area contributed by atoms with Crippen molar-refractivity contribution in [3.05, 3.63) is 0 Å². The van der Waals surface area contributed by atoms with Crippen LogP contribution in [0.4, 0.5) is 0 Å². The van der Waals surface area contributed by atoms with Gasteiger partial charge in [-0.3, -0.25) is 4.99 Å². The van der Waals surface area contributed by atoms with Crippen molar-refractivity contribution in [2.75, 3.05) is 0 Å². The molecule has 1 aliphatic rings. The minimum absolute atomic E-state index is 0.429. The summed E-state index contributed by atoms with van der Waals surface area (Å²) in [5.41, 5.74) is 6.13. The van der Waals surface area contributed by atoms with E-state index in [-0.39, 0.29) is 0 Å². The van der Waals surface area contributed by atoms with E-state index in [4.69, 9.17) is 5.73 Å². The summed E-state index contributed by atoms with van der Waals surface area (Å²) < 4.78 is 0. The first kappa shape index (κ1) is 8.57. The van der Waals surface area contributed by atoms with Crippen LogP contribution in [0.1, 0.15) is 40.0 Å². The van der Waals surface area contributed by atoms with Crippen molar-refractivity contribution in [2.24, 2.45) is 16.1 Å². The second kappa shape index (κ2) is 2.84. The molecule has 1 unspecified atom stereocenters. The van der Waals surface area contributed by atoms with Crippen LogP contribution in [0.3, 0.4) is 0 Å². The van der Waals surface area contributed by atoms with E-state index in [0.29, 0.717) is 11.5 Å². The first-order chi connectivity index (χ1) is 5.06. The lowest BCUT2D eigenvalue weighted by Gasteiger charge is -1.99. The zero-order valence-corrected chi connectivity index (χ0v) is 7.72. The topological polar surface area (TPSA) is 38.4 Å². The Morgan fingerprint density at radius 2 is 2.18 bits per heavy atom. The molecular formula is C9H18N2. The Morgan fingerprint density at radius 1 is 1.64 bits per heavy atom. The third-order valence-electron chi connectivity index (χ3n) is 2.29. The van der Waals surface area contributed by atoms with Crippen LogP contribution < -0.4 is 5.73 Å². The van der Waals surface area contributed by atoms with Gasteiger partial charge >= 0.3 is 0 Å². The molecule has 0 saturated heterocycles. The van der Waals surface area contributed by atoms with Gasteiger partial charge in [-0.15, -0.1) is 0 Å². The van der Waals surface area contributed by atoms with Crippen LogP contribution >= 0.6 is 0 Å². The van der Waals surface area contributed by atoms with E-state index in [0.717, 1.165) is 18.7 Å². The van der Waals surface area contributed by atoms with E-state index in [1.165, 1.54) is 6.42 Å². The Labute approximate surface area is 68.9 Å².